The first-order valence-corrected chi connectivity index (χ1v) is 6.97. The van der Waals surface area contributed by atoms with Crippen LogP contribution in [0.1, 0.15) is 24.1 Å². The monoisotopic (exact) mass is 256 g/mol. The first-order valence-electron chi connectivity index (χ1n) is 6.97. The largest absolute Gasteiger partial charge is 0.393 e. The number of hydrogen-bond acceptors (Lipinski definition) is 3. The second-order valence-electron chi connectivity index (χ2n) is 5.51. The maximum Gasteiger partial charge on any atom is 0.0706 e. The summed E-state index contributed by atoms with van der Waals surface area (Å²) in [4.78, 5) is 7.10. The van der Waals surface area contributed by atoms with Crippen LogP contribution >= 0.6 is 0 Å². The number of rotatable bonds is 2. The van der Waals surface area contributed by atoms with E-state index in [4.69, 9.17) is 4.98 Å². The summed E-state index contributed by atoms with van der Waals surface area (Å²) in [6, 6.07) is 10.6. The molecule has 0 saturated carbocycles. The lowest BCUT2D eigenvalue weighted by Gasteiger charge is -2.29. The smallest absolute Gasteiger partial charge is 0.0706 e. The molecule has 0 radical (unpaired) electrons. The van der Waals surface area contributed by atoms with E-state index in [1.807, 2.05) is 0 Å². The lowest BCUT2D eigenvalue weighted by atomic mass is 10.1. The molecule has 1 N–H and O–H groups in total. The maximum absolute atomic E-state index is 9.52. The number of aryl methyl sites for hydroxylation is 1. The van der Waals surface area contributed by atoms with Crippen LogP contribution in [0.15, 0.2) is 30.3 Å². The van der Waals surface area contributed by atoms with Crippen LogP contribution in [-0.2, 0) is 6.54 Å². The van der Waals surface area contributed by atoms with Crippen molar-refractivity contribution in [1.29, 1.82) is 0 Å². The number of nitrogens with zero attached hydrogens (tertiary/aromatic N) is 2. The summed E-state index contributed by atoms with van der Waals surface area (Å²) in [6.07, 6.45) is 1.66. The third-order valence-corrected chi connectivity index (χ3v) is 3.85. The summed E-state index contributed by atoms with van der Waals surface area (Å²) >= 11 is 0. The standard InChI is InChI=1S/C16H20N2O/c1-12-2-5-16-13(10-12)3-4-14(17-16)11-18-8-6-15(19)7-9-18/h2-5,10,15,19H,6-9,11H2,1H3. The molecule has 19 heavy (non-hydrogen) atoms. The van der Waals surface area contributed by atoms with Gasteiger partial charge in [-0.15, -0.1) is 0 Å². The second kappa shape index (κ2) is 5.27. The number of piperidine rings is 1. The Kier molecular flexibility index (Phi) is 3.49. The van der Waals surface area contributed by atoms with E-state index in [9.17, 15) is 5.11 Å². The molecular formula is C16H20N2O. The topological polar surface area (TPSA) is 36.4 Å². The number of aliphatic hydroxyl groups is 1. The molecule has 1 aromatic carbocycles. The average Bonchev–Trinajstić information content (AvgIpc) is 2.42. The van der Waals surface area contributed by atoms with Crippen LogP contribution in [0.2, 0.25) is 0 Å². The van der Waals surface area contributed by atoms with Crippen molar-refractivity contribution >= 4 is 10.9 Å². The molecule has 0 spiro atoms. The van der Waals surface area contributed by atoms with Gasteiger partial charge in [-0.25, -0.2) is 0 Å². The Hall–Kier alpha value is -1.45. The molecule has 1 aliphatic rings. The Balaban J connectivity index is 1.76. The average molecular weight is 256 g/mol. The van der Waals surface area contributed by atoms with Crippen LogP contribution in [0.4, 0.5) is 0 Å². The lowest BCUT2D eigenvalue weighted by Crippen LogP contribution is -2.35. The molecule has 1 aromatic heterocycles. The van der Waals surface area contributed by atoms with E-state index in [1.54, 1.807) is 0 Å². The highest BCUT2D eigenvalue weighted by atomic mass is 16.3. The van der Waals surface area contributed by atoms with Crippen molar-refractivity contribution in [1.82, 2.24) is 9.88 Å². The fourth-order valence-corrected chi connectivity index (χ4v) is 2.68. The molecule has 1 fully saturated rings. The van der Waals surface area contributed by atoms with E-state index < -0.39 is 0 Å². The van der Waals surface area contributed by atoms with Crippen molar-refractivity contribution in [3.05, 3.63) is 41.6 Å². The van der Waals surface area contributed by atoms with E-state index >= 15 is 0 Å². The van der Waals surface area contributed by atoms with Crippen LogP contribution in [0.3, 0.4) is 0 Å². The fraction of sp³-hybridized carbons (Fsp3) is 0.438. The van der Waals surface area contributed by atoms with Crippen molar-refractivity contribution in [2.45, 2.75) is 32.4 Å². The Morgan fingerprint density at radius 2 is 2.00 bits per heavy atom. The van der Waals surface area contributed by atoms with Gasteiger partial charge in [0.1, 0.15) is 0 Å². The predicted molar refractivity (Wildman–Crippen MR) is 77.0 cm³/mol. The molecular weight excluding hydrogens is 236 g/mol. The molecule has 3 rings (SSSR count). The Morgan fingerprint density at radius 1 is 1.21 bits per heavy atom. The minimum absolute atomic E-state index is 0.108. The van der Waals surface area contributed by atoms with Gasteiger partial charge in [0.05, 0.1) is 17.3 Å². The first-order chi connectivity index (χ1) is 9.20. The number of likely N-dealkylation sites (tertiary alicyclic amines) is 1. The van der Waals surface area contributed by atoms with Gasteiger partial charge in [0.25, 0.3) is 0 Å². The highest BCUT2D eigenvalue weighted by Crippen LogP contribution is 2.17. The number of hydrogen-bond donors (Lipinski definition) is 1. The molecule has 0 atom stereocenters. The van der Waals surface area contributed by atoms with E-state index in [1.165, 1.54) is 10.9 Å². The van der Waals surface area contributed by atoms with Crippen molar-refractivity contribution in [2.24, 2.45) is 0 Å². The highest BCUT2D eigenvalue weighted by molar-refractivity contribution is 5.79. The van der Waals surface area contributed by atoms with Crippen LogP contribution in [0.25, 0.3) is 10.9 Å². The summed E-state index contributed by atoms with van der Waals surface area (Å²) in [5, 5.41) is 10.7. The van der Waals surface area contributed by atoms with Crippen LogP contribution < -0.4 is 0 Å². The Bertz CT molecular complexity index is 574. The molecule has 0 amide bonds. The summed E-state index contributed by atoms with van der Waals surface area (Å²) in [5.41, 5.74) is 3.46. The molecule has 0 bridgehead atoms. The van der Waals surface area contributed by atoms with Gasteiger partial charge in [0, 0.05) is 25.0 Å². The van der Waals surface area contributed by atoms with Gasteiger partial charge in [-0.1, -0.05) is 17.7 Å². The number of pyridine rings is 1. The van der Waals surface area contributed by atoms with Gasteiger partial charge >= 0.3 is 0 Å². The van der Waals surface area contributed by atoms with Gasteiger partial charge < -0.3 is 5.11 Å². The Morgan fingerprint density at radius 3 is 2.79 bits per heavy atom. The van der Waals surface area contributed by atoms with E-state index in [0.29, 0.717) is 0 Å². The maximum atomic E-state index is 9.52. The number of benzene rings is 1. The number of aliphatic hydroxyl groups excluding tert-OH is 1. The summed E-state index contributed by atoms with van der Waals surface area (Å²) in [7, 11) is 0. The summed E-state index contributed by atoms with van der Waals surface area (Å²) in [6.45, 7) is 4.92. The third kappa shape index (κ3) is 2.94. The molecule has 100 valence electrons. The van der Waals surface area contributed by atoms with Crippen LogP contribution in [0.5, 0.6) is 0 Å². The first kappa shape index (κ1) is 12.6. The zero-order valence-corrected chi connectivity index (χ0v) is 11.3. The molecule has 0 unspecified atom stereocenters. The van der Waals surface area contributed by atoms with E-state index in [0.717, 1.165) is 43.7 Å². The van der Waals surface area contributed by atoms with Gasteiger partial charge in [-0.05, 0) is 38.0 Å². The van der Waals surface area contributed by atoms with Crippen LogP contribution in [0, 0.1) is 6.92 Å². The molecule has 2 aromatic rings. The van der Waals surface area contributed by atoms with Gasteiger partial charge in [0.2, 0.25) is 0 Å². The van der Waals surface area contributed by atoms with Crippen molar-refractivity contribution in [3.63, 3.8) is 0 Å². The van der Waals surface area contributed by atoms with Gasteiger partial charge in [0.15, 0.2) is 0 Å². The van der Waals surface area contributed by atoms with Crippen LogP contribution in [-0.4, -0.2) is 34.2 Å². The zero-order valence-electron chi connectivity index (χ0n) is 11.3. The molecule has 1 aliphatic heterocycles. The highest BCUT2D eigenvalue weighted by Gasteiger charge is 2.17. The quantitative estimate of drug-likeness (QED) is 0.897. The fourth-order valence-electron chi connectivity index (χ4n) is 2.68. The second-order valence-corrected chi connectivity index (χ2v) is 5.51. The minimum atomic E-state index is -0.108. The normalized spacial score (nSPS) is 18.0. The Labute approximate surface area is 113 Å². The van der Waals surface area contributed by atoms with Gasteiger partial charge in [-0.3, -0.25) is 9.88 Å². The molecule has 1 saturated heterocycles. The van der Waals surface area contributed by atoms with Crippen molar-refractivity contribution in [2.75, 3.05) is 13.1 Å². The third-order valence-electron chi connectivity index (χ3n) is 3.85. The zero-order chi connectivity index (χ0) is 13.2. The molecule has 3 heteroatoms. The molecule has 2 heterocycles. The van der Waals surface area contributed by atoms with Crippen molar-refractivity contribution in [3.8, 4) is 0 Å². The number of fused-ring (bicyclic) bond motifs is 1. The minimum Gasteiger partial charge on any atom is -0.393 e. The lowest BCUT2D eigenvalue weighted by molar-refractivity contribution is 0.0787. The molecule has 3 nitrogen and oxygen atoms in total. The summed E-state index contributed by atoms with van der Waals surface area (Å²) in [5.74, 6) is 0. The van der Waals surface area contributed by atoms with E-state index in [-0.39, 0.29) is 6.10 Å². The van der Waals surface area contributed by atoms with E-state index in [2.05, 4.69) is 42.2 Å². The SMILES string of the molecule is Cc1ccc2nc(CN3CCC(O)CC3)ccc2c1. The predicted octanol–water partition coefficient (Wildman–Crippen LogP) is 2.50. The summed E-state index contributed by atoms with van der Waals surface area (Å²) < 4.78 is 0. The van der Waals surface area contributed by atoms with Crippen molar-refractivity contribution < 1.29 is 5.11 Å². The molecule has 0 aliphatic carbocycles. The number of aromatic nitrogens is 1. The van der Waals surface area contributed by atoms with Gasteiger partial charge in [-0.2, -0.15) is 0 Å².